The summed E-state index contributed by atoms with van der Waals surface area (Å²) in [6.07, 6.45) is 4.36. The highest BCUT2D eigenvalue weighted by Crippen LogP contribution is 2.28. The molecule has 0 saturated carbocycles. The maximum atomic E-state index is 12.8. The number of aromatic nitrogens is 1. The van der Waals surface area contributed by atoms with E-state index in [9.17, 15) is 4.79 Å². The van der Waals surface area contributed by atoms with Crippen LogP contribution in [-0.2, 0) is 6.42 Å². The van der Waals surface area contributed by atoms with Gasteiger partial charge in [0.1, 0.15) is 5.75 Å². The minimum absolute atomic E-state index is 0.0308. The Kier molecular flexibility index (Phi) is 2.71. The summed E-state index contributed by atoms with van der Waals surface area (Å²) in [5.41, 5.74) is 2.51. The van der Waals surface area contributed by atoms with Crippen LogP contribution in [0.4, 0.5) is 0 Å². The van der Waals surface area contributed by atoms with Crippen LogP contribution >= 0.6 is 0 Å². The fraction of sp³-hybridized carbons (Fsp3) is 0.111. The van der Waals surface area contributed by atoms with Crippen molar-refractivity contribution >= 4 is 16.6 Å². The first kappa shape index (κ1) is 12.1. The average Bonchev–Trinajstić information content (AvgIpc) is 3.01. The normalized spacial score (nSPS) is 13.0. The lowest BCUT2D eigenvalue weighted by Gasteiger charge is -2.07. The zero-order valence-electron chi connectivity index (χ0n) is 11.4. The predicted octanol–water partition coefficient (Wildman–Crippen LogP) is 3.40. The molecule has 4 rings (SSSR count). The van der Waals surface area contributed by atoms with E-state index in [-0.39, 0.29) is 5.78 Å². The third kappa shape index (κ3) is 1.98. The lowest BCUT2D eigenvalue weighted by Crippen LogP contribution is -2.02. The van der Waals surface area contributed by atoms with Gasteiger partial charge in [-0.3, -0.25) is 9.78 Å². The van der Waals surface area contributed by atoms with Gasteiger partial charge in [0.15, 0.2) is 5.78 Å². The van der Waals surface area contributed by atoms with E-state index in [4.69, 9.17) is 4.74 Å². The lowest BCUT2D eigenvalue weighted by molar-refractivity contribution is 0.104. The molecule has 3 nitrogen and oxygen atoms in total. The summed E-state index contributed by atoms with van der Waals surface area (Å²) < 4.78 is 5.49. The fourth-order valence-electron chi connectivity index (χ4n) is 2.79. The number of rotatable bonds is 2. The van der Waals surface area contributed by atoms with Crippen molar-refractivity contribution in [1.29, 1.82) is 0 Å². The summed E-state index contributed by atoms with van der Waals surface area (Å²) in [6.45, 7) is 0.700. The summed E-state index contributed by atoms with van der Waals surface area (Å²) >= 11 is 0. The van der Waals surface area contributed by atoms with E-state index in [1.54, 1.807) is 12.4 Å². The van der Waals surface area contributed by atoms with Gasteiger partial charge in [0.05, 0.1) is 6.61 Å². The molecule has 1 aliphatic heterocycles. The minimum Gasteiger partial charge on any atom is -0.493 e. The van der Waals surface area contributed by atoms with E-state index in [0.29, 0.717) is 17.7 Å². The second-order valence-electron chi connectivity index (χ2n) is 5.15. The van der Waals surface area contributed by atoms with E-state index in [1.165, 1.54) is 0 Å². The Morgan fingerprint density at radius 2 is 2.10 bits per heavy atom. The van der Waals surface area contributed by atoms with Crippen molar-refractivity contribution in [2.75, 3.05) is 6.61 Å². The first-order valence-electron chi connectivity index (χ1n) is 6.96. The van der Waals surface area contributed by atoms with E-state index in [0.717, 1.165) is 28.5 Å². The molecule has 0 aliphatic carbocycles. The van der Waals surface area contributed by atoms with Crippen LogP contribution in [-0.4, -0.2) is 17.4 Å². The standard InChI is InChI=1S/C18H13NO2/c20-18(14-4-5-17-13(10-14)7-9-21-17)15-3-1-2-12-6-8-19-11-16(12)15/h1-6,8,10-11H,7,9H2. The monoisotopic (exact) mass is 275 g/mol. The molecule has 2 aromatic carbocycles. The largest absolute Gasteiger partial charge is 0.493 e. The predicted molar refractivity (Wildman–Crippen MR) is 80.8 cm³/mol. The molecule has 0 amide bonds. The Hall–Kier alpha value is -2.68. The Morgan fingerprint density at radius 3 is 3.05 bits per heavy atom. The number of carbonyl (C=O) groups excluding carboxylic acids is 1. The molecule has 0 saturated heterocycles. The first-order valence-corrected chi connectivity index (χ1v) is 6.96. The van der Waals surface area contributed by atoms with Crippen molar-refractivity contribution in [3.8, 4) is 5.75 Å². The number of carbonyl (C=O) groups is 1. The van der Waals surface area contributed by atoms with E-state index >= 15 is 0 Å². The Balaban J connectivity index is 1.83. The number of fused-ring (bicyclic) bond motifs is 2. The van der Waals surface area contributed by atoms with Gasteiger partial charge in [-0.15, -0.1) is 0 Å². The molecule has 3 heteroatoms. The topological polar surface area (TPSA) is 39.2 Å². The smallest absolute Gasteiger partial charge is 0.193 e. The second-order valence-corrected chi connectivity index (χ2v) is 5.15. The zero-order chi connectivity index (χ0) is 14.2. The van der Waals surface area contributed by atoms with Crippen molar-refractivity contribution in [2.45, 2.75) is 6.42 Å². The number of benzene rings is 2. The molecule has 1 aliphatic rings. The summed E-state index contributed by atoms with van der Waals surface area (Å²) in [6, 6.07) is 13.3. The SMILES string of the molecule is O=C(c1ccc2c(c1)CCO2)c1cccc2ccncc12. The van der Waals surface area contributed by atoms with Crippen LogP contribution in [0.1, 0.15) is 21.5 Å². The Labute approximate surface area is 122 Å². The Bertz CT molecular complexity index is 849. The maximum Gasteiger partial charge on any atom is 0.193 e. The first-order chi connectivity index (χ1) is 10.3. The highest BCUT2D eigenvalue weighted by molar-refractivity contribution is 6.16. The molecule has 0 spiro atoms. The number of pyridine rings is 1. The highest BCUT2D eigenvalue weighted by Gasteiger charge is 2.17. The van der Waals surface area contributed by atoms with Crippen LogP contribution in [0.15, 0.2) is 54.9 Å². The van der Waals surface area contributed by atoms with E-state index < -0.39 is 0 Å². The van der Waals surface area contributed by atoms with Crippen LogP contribution < -0.4 is 4.74 Å². The van der Waals surface area contributed by atoms with Crippen LogP contribution in [0.5, 0.6) is 5.75 Å². The number of ether oxygens (including phenoxy) is 1. The number of hydrogen-bond donors (Lipinski definition) is 0. The minimum atomic E-state index is 0.0308. The molecular weight excluding hydrogens is 262 g/mol. The summed E-state index contributed by atoms with van der Waals surface area (Å²) in [7, 11) is 0. The van der Waals surface area contributed by atoms with Gasteiger partial charge in [-0.25, -0.2) is 0 Å². The van der Waals surface area contributed by atoms with Crippen molar-refractivity contribution in [3.05, 3.63) is 71.5 Å². The molecule has 102 valence electrons. The van der Waals surface area contributed by atoms with Crippen LogP contribution in [0.3, 0.4) is 0 Å². The van der Waals surface area contributed by atoms with Gasteiger partial charge in [0, 0.05) is 35.3 Å². The van der Waals surface area contributed by atoms with Gasteiger partial charge in [-0.1, -0.05) is 18.2 Å². The molecular formula is C18H13NO2. The van der Waals surface area contributed by atoms with Crippen molar-refractivity contribution in [1.82, 2.24) is 4.98 Å². The lowest BCUT2D eigenvalue weighted by atomic mass is 9.97. The molecule has 0 fully saturated rings. The van der Waals surface area contributed by atoms with Crippen LogP contribution in [0, 0.1) is 0 Å². The third-order valence-electron chi connectivity index (χ3n) is 3.88. The van der Waals surface area contributed by atoms with Gasteiger partial charge in [-0.05, 0) is 35.2 Å². The highest BCUT2D eigenvalue weighted by atomic mass is 16.5. The quantitative estimate of drug-likeness (QED) is 0.673. The van der Waals surface area contributed by atoms with Gasteiger partial charge >= 0.3 is 0 Å². The van der Waals surface area contributed by atoms with Crippen molar-refractivity contribution < 1.29 is 9.53 Å². The molecule has 2 heterocycles. The second kappa shape index (κ2) is 4.70. The number of nitrogens with zero attached hydrogens (tertiary/aromatic N) is 1. The summed E-state index contributed by atoms with van der Waals surface area (Å²) in [5.74, 6) is 0.925. The van der Waals surface area contributed by atoms with Crippen LogP contribution in [0.2, 0.25) is 0 Å². The van der Waals surface area contributed by atoms with E-state index in [2.05, 4.69) is 4.98 Å². The molecule has 0 radical (unpaired) electrons. The summed E-state index contributed by atoms with van der Waals surface area (Å²) in [5, 5.41) is 1.92. The number of hydrogen-bond acceptors (Lipinski definition) is 3. The molecule has 3 aromatic rings. The van der Waals surface area contributed by atoms with Gasteiger partial charge in [0.2, 0.25) is 0 Å². The number of ketones is 1. The van der Waals surface area contributed by atoms with Crippen molar-refractivity contribution in [2.24, 2.45) is 0 Å². The zero-order valence-corrected chi connectivity index (χ0v) is 11.4. The molecule has 0 unspecified atom stereocenters. The molecule has 1 aromatic heterocycles. The van der Waals surface area contributed by atoms with Crippen molar-refractivity contribution in [3.63, 3.8) is 0 Å². The van der Waals surface area contributed by atoms with Gasteiger partial charge in [-0.2, -0.15) is 0 Å². The fourth-order valence-corrected chi connectivity index (χ4v) is 2.79. The average molecular weight is 275 g/mol. The molecule has 0 atom stereocenters. The van der Waals surface area contributed by atoms with E-state index in [1.807, 2.05) is 42.5 Å². The Morgan fingerprint density at radius 1 is 1.14 bits per heavy atom. The van der Waals surface area contributed by atoms with Gasteiger partial charge in [0.25, 0.3) is 0 Å². The molecule has 0 N–H and O–H groups in total. The third-order valence-corrected chi connectivity index (χ3v) is 3.88. The maximum absolute atomic E-state index is 12.8. The van der Waals surface area contributed by atoms with Gasteiger partial charge < -0.3 is 4.74 Å². The molecule has 0 bridgehead atoms. The van der Waals surface area contributed by atoms with Crippen LogP contribution in [0.25, 0.3) is 10.8 Å². The summed E-state index contributed by atoms with van der Waals surface area (Å²) in [4.78, 5) is 16.9. The molecule has 21 heavy (non-hydrogen) atoms.